The summed E-state index contributed by atoms with van der Waals surface area (Å²) in [4.78, 5) is 1.04. The van der Waals surface area contributed by atoms with Crippen LogP contribution in [0.1, 0.15) is 35.8 Å². The molecule has 0 aliphatic carbocycles. The number of fused-ring (bicyclic) bond motifs is 1. The summed E-state index contributed by atoms with van der Waals surface area (Å²) in [5.41, 5.74) is 0.583. The van der Waals surface area contributed by atoms with Gasteiger partial charge in [-0.25, -0.2) is 0 Å². The summed E-state index contributed by atoms with van der Waals surface area (Å²) in [6.45, 7) is 0.908. The second-order valence-corrected chi connectivity index (χ2v) is 6.60. The fraction of sp³-hybridized carbons (Fsp3) is 0.357. The predicted octanol–water partition coefficient (Wildman–Crippen LogP) is 3.89. The van der Waals surface area contributed by atoms with Gasteiger partial charge in [0.05, 0.1) is 5.57 Å². The number of aryl methyl sites for hydroxylation is 1. The molecule has 102 valence electrons. The third-order valence-electron chi connectivity index (χ3n) is 3.35. The minimum Gasteiger partial charge on any atom is -0.310 e. The number of hydrogen-bond acceptors (Lipinski definition) is 4. The van der Waals surface area contributed by atoms with Crippen LogP contribution in [0.4, 0.5) is 0 Å². The second kappa shape index (κ2) is 5.90. The Labute approximate surface area is 129 Å². The first kappa shape index (κ1) is 13.5. The molecule has 0 atom stereocenters. The minimum absolute atomic E-state index is 0.583. The van der Waals surface area contributed by atoms with Crippen LogP contribution < -0.4 is 0 Å². The molecule has 3 rings (SSSR count). The zero-order chi connectivity index (χ0) is 13.9. The molecular weight excluding hydrogens is 336 g/mol. The van der Waals surface area contributed by atoms with Crippen molar-refractivity contribution in [2.45, 2.75) is 32.2 Å². The molecule has 6 heteroatoms. The Morgan fingerprint density at radius 2 is 2.30 bits per heavy atom. The normalized spacial score (nSPS) is 15.5. The van der Waals surface area contributed by atoms with Crippen molar-refractivity contribution in [2.24, 2.45) is 0 Å². The maximum Gasteiger partial charge on any atom is 0.174 e. The van der Waals surface area contributed by atoms with E-state index in [1.807, 2.05) is 17.5 Å². The third-order valence-corrected chi connectivity index (χ3v) is 4.99. The Bertz CT molecular complexity index is 692. The molecule has 0 N–H and O–H groups in total. The number of allylic oxidation sites excluding steroid dienone is 1. The largest absolute Gasteiger partial charge is 0.310 e. The molecule has 0 spiro atoms. The highest BCUT2D eigenvalue weighted by atomic mass is 79.9. The number of rotatable bonds is 2. The second-order valence-electron chi connectivity index (χ2n) is 4.74. The highest BCUT2D eigenvalue weighted by Crippen LogP contribution is 2.25. The van der Waals surface area contributed by atoms with Crippen molar-refractivity contribution >= 4 is 38.9 Å². The molecule has 3 heterocycles. The molecule has 0 fully saturated rings. The van der Waals surface area contributed by atoms with Crippen LogP contribution in [0.25, 0.3) is 11.6 Å². The Morgan fingerprint density at radius 1 is 1.40 bits per heavy atom. The van der Waals surface area contributed by atoms with Gasteiger partial charge in [0.1, 0.15) is 11.9 Å². The number of nitrogens with zero attached hydrogens (tertiary/aromatic N) is 4. The summed E-state index contributed by atoms with van der Waals surface area (Å²) in [6, 6.07) is 4.26. The van der Waals surface area contributed by atoms with Gasteiger partial charge in [0, 0.05) is 27.7 Å². The Hall–Kier alpha value is -1.45. The fourth-order valence-corrected chi connectivity index (χ4v) is 3.75. The minimum atomic E-state index is 0.583. The molecule has 0 bridgehead atoms. The molecule has 0 saturated carbocycles. The lowest BCUT2D eigenvalue weighted by Crippen LogP contribution is -2.05. The van der Waals surface area contributed by atoms with Crippen LogP contribution in [0.3, 0.4) is 0 Å². The molecule has 0 saturated heterocycles. The lowest BCUT2D eigenvalue weighted by atomic mass is 10.2. The van der Waals surface area contributed by atoms with Crippen molar-refractivity contribution in [3.63, 3.8) is 0 Å². The van der Waals surface area contributed by atoms with E-state index in [2.05, 4.69) is 36.8 Å². The van der Waals surface area contributed by atoms with Crippen LogP contribution >= 0.6 is 27.3 Å². The van der Waals surface area contributed by atoms with Crippen molar-refractivity contribution in [2.75, 3.05) is 0 Å². The summed E-state index contributed by atoms with van der Waals surface area (Å²) in [5.74, 6) is 1.71. The van der Waals surface area contributed by atoms with Crippen LogP contribution in [0, 0.1) is 11.3 Å². The van der Waals surface area contributed by atoms with Gasteiger partial charge in [0.15, 0.2) is 5.82 Å². The SMILES string of the molecule is N#CC(=Cc1cc(Br)cs1)c1nnc2n1CCCCC2. The summed E-state index contributed by atoms with van der Waals surface area (Å²) >= 11 is 5.03. The molecular formula is C14H13BrN4S. The van der Waals surface area contributed by atoms with E-state index < -0.39 is 0 Å². The monoisotopic (exact) mass is 348 g/mol. The molecule has 0 aromatic carbocycles. The first-order valence-electron chi connectivity index (χ1n) is 6.56. The van der Waals surface area contributed by atoms with Crippen molar-refractivity contribution in [3.05, 3.63) is 32.4 Å². The van der Waals surface area contributed by atoms with Crippen molar-refractivity contribution in [3.8, 4) is 6.07 Å². The Morgan fingerprint density at radius 3 is 3.05 bits per heavy atom. The zero-order valence-corrected chi connectivity index (χ0v) is 13.2. The molecule has 4 nitrogen and oxygen atoms in total. The van der Waals surface area contributed by atoms with E-state index in [4.69, 9.17) is 0 Å². The van der Waals surface area contributed by atoms with Gasteiger partial charge in [-0.05, 0) is 40.9 Å². The summed E-state index contributed by atoms with van der Waals surface area (Å²) in [5, 5.41) is 19.9. The van der Waals surface area contributed by atoms with E-state index in [0.717, 1.165) is 41.0 Å². The van der Waals surface area contributed by atoms with Crippen molar-refractivity contribution in [1.82, 2.24) is 14.8 Å². The number of hydrogen-bond donors (Lipinski definition) is 0. The van der Waals surface area contributed by atoms with Crippen molar-refractivity contribution < 1.29 is 0 Å². The maximum absolute atomic E-state index is 9.43. The van der Waals surface area contributed by atoms with Crippen LogP contribution in [0.5, 0.6) is 0 Å². The summed E-state index contributed by atoms with van der Waals surface area (Å²) < 4.78 is 3.14. The van der Waals surface area contributed by atoms with E-state index in [-0.39, 0.29) is 0 Å². The highest BCUT2D eigenvalue weighted by Gasteiger charge is 2.17. The number of nitriles is 1. The Balaban J connectivity index is 2.00. The summed E-state index contributed by atoms with van der Waals surface area (Å²) in [7, 11) is 0. The lowest BCUT2D eigenvalue weighted by molar-refractivity contribution is 0.627. The van der Waals surface area contributed by atoms with Crippen LogP contribution in [0.2, 0.25) is 0 Å². The van der Waals surface area contributed by atoms with E-state index >= 15 is 0 Å². The predicted molar refractivity (Wildman–Crippen MR) is 83.1 cm³/mol. The van der Waals surface area contributed by atoms with E-state index in [1.165, 1.54) is 6.42 Å². The molecule has 2 aromatic rings. The molecule has 1 aliphatic rings. The highest BCUT2D eigenvalue weighted by molar-refractivity contribution is 9.10. The van der Waals surface area contributed by atoms with Gasteiger partial charge in [-0.15, -0.1) is 21.5 Å². The molecule has 1 aliphatic heterocycles. The molecule has 20 heavy (non-hydrogen) atoms. The average Bonchev–Trinajstić information content (AvgIpc) is 2.96. The standard InChI is InChI=1S/C14H13BrN4S/c15-11-7-12(20-9-11)6-10(8-16)14-18-17-13-4-2-1-3-5-19(13)14/h6-7,9H,1-5H2. The van der Waals surface area contributed by atoms with Gasteiger partial charge in [0.25, 0.3) is 0 Å². The number of halogens is 1. The lowest BCUT2D eigenvalue weighted by Gasteiger charge is -2.05. The van der Waals surface area contributed by atoms with Crippen LogP contribution in [0.15, 0.2) is 15.9 Å². The van der Waals surface area contributed by atoms with Gasteiger partial charge in [-0.3, -0.25) is 0 Å². The number of thiophene rings is 1. The van der Waals surface area contributed by atoms with E-state index in [0.29, 0.717) is 11.4 Å². The van der Waals surface area contributed by atoms with Gasteiger partial charge in [0.2, 0.25) is 0 Å². The first-order chi connectivity index (χ1) is 9.78. The smallest absolute Gasteiger partial charge is 0.174 e. The zero-order valence-electron chi connectivity index (χ0n) is 10.8. The van der Waals surface area contributed by atoms with Crippen LogP contribution in [-0.4, -0.2) is 14.8 Å². The molecule has 0 unspecified atom stereocenters. The average molecular weight is 349 g/mol. The molecule has 2 aromatic heterocycles. The van der Waals surface area contributed by atoms with Crippen LogP contribution in [-0.2, 0) is 13.0 Å². The summed E-state index contributed by atoms with van der Waals surface area (Å²) in [6.07, 6.45) is 6.34. The van der Waals surface area contributed by atoms with Gasteiger partial charge >= 0.3 is 0 Å². The van der Waals surface area contributed by atoms with Gasteiger partial charge in [-0.2, -0.15) is 5.26 Å². The third kappa shape index (κ3) is 2.69. The van der Waals surface area contributed by atoms with Gasteiger partial charge in [-0.1, -0.05) is 6.42 Å². The number of aromatic nitrogens is 3. The van der Waals surface area contributed by atoms with E-state index in [1.54, 1.807) is 11.3 Å². The topological polar surface area (TPSA) is 54.5 Å². The van der Waals surface area contributed by atoms with Crippen molar-refractivity contribution in [1.29, 1.82) is 5.26 Å². The Kier molecular flexibility index (Phi) is 3.99. The van der Waals surface area contributed by atoms with E-state index in [9.17, 15) is 5.26 Å². The maximum atomic E-state index is 9.43. The fourth-order valence-electron chi connectivity index (χ4n) is 2.38. The molecule has 0 amide bonds. The van der Waals surface area contributed by atoms with Gasteiger partial charge < -0.3 is 4.57 Å². The molecule has 0 radical (unpaired) electrons. The quantitative estimate of drug-likeness (QED) is 0.773. The first-order valence-corrected chi connectivity index (χ1v) is 8.23.